The number of halogens is 3. The van der Waals surface area contributed by atoms with E-state index < -0.39 is 11.7 Å². The summed E-state index contributed by atoms with van der Waals surface area (Å²) in [5.74, 6) is 1.27. The number of methoxy groups -OCH3 is 1. The Labute approximate surface area is 188 Å². The zero-order valence-corrected chi connectivity index (χ0v) is 18.5. The van der Waals surface area contributed by atoms with Crippen LogP contribution in [0.25, 0.3) is 5.69 Å². The van der Waals surface area contributed by atoms with Gasteiger partial charge in [0.25, 0.3) is 5.91 Å². The van der Waals surface area contributed by atoms with Crippen LogP contribution in [0.5, 0.6) is 5.75 Å². The molecule has 0 saturated carbocycles. The van der Waals surface area contributed by atoms with Crippen molar-refractivity contribution >= 4 is 17.7 Å². The molecule has 32 heavy (non-hydrogen) atoms. The molecule has 170 valence electrons. The van der Waals surface area contributed by atoms with E-state index in [1.54, 1.807) is 34.9 Å². The topological polar surface area (TPSA) is 69.0 Å². The number of alkyl halides is 3. The van der Waals surface area contributed by atoms with Crippen LogP contribution in [0.15, 0.2) is 53.7 Å². The Bertz CT molecular complexity index is 1070. The fourth-order valence-corrected chi connectivity index (χ4v) is 3.98. The summed E-state index contributed by atoms with van der Waals surface area (Å²) >= 11 is 1.42. The van der Waals surface area contributed by atoms with Crippen LogP contribution in [0.2, 0.25) is 0 Å². The summed E-state index contributed by atoms with van der Waals surface area (Å²) in [4.78, 5) is 12.6. The quantitative estimate of drug-likeness (QED) is 0.352. The van der Waals surface area contributed by atoms with Gasteiger partial charge in [-0.1, -0.05) is 37.2 Å². The predicted molar refractivity (Wildman–Crippen MR) is 116 cm³/mol. The van der Waals surface area contributed by atoms with Gasteiger partial charge < -0.3 is 10.1 Å². The first kappa shape index (κ1) is 23.6. The van der Waals surface area contributed by atoms with Gasteiger partial charge in [0.1, 0.15) is 5.75 Å². The number of nitrogens with one attached hydrogen (secondary N) is 1. The number of aromatic nitrogens is 3. The molecule has 1 N–H and O–H groups in total. The molecule has 2 aromatic carbocycles. The zero-order valence-electron chi connectivity index (χ0n) is 17.6. The lowest BCUT2D eigenvalue weighted by atomic mass is 10.2. The van der Waals surface area contributed by atoms with Crippen LogP contribution >= 0.6 is 11.8 Å². The van der Waals surface area contributed by atoms with E-state index in [0.717, 1.165) is 30.7 Å². The molecule has 0 fully saturated rings. The number of hydrogen-bond donors (Lipinski definition) is 1. The molecule has 0 aliphatic rings. The lowest BCUT2D eigenvalue weighted by molar-refractivity contribution is -0.137. The van der Waals surface area contributed by atoms with Crippen LogP contribution < -0.4 is 10.1 Å². The Morgan fingerprint density at radius 3 is 2.66 bits per heavy atom. The molecular weight excluding hydrogens is 441 g/mol. The van der Waals surface area contributed by atoms with E-state index in [0.29, 0.717) is 22.3 Å². The molecule has 10 heteroatoms. The second-order valence-electron chi connectivity index (χ2n) is 6.90. The number of nitrogens with zero attached hydrogens (tertiary/aromatic N) is 3. The smallest absolute Gasteiger partial charge is 0.416 e. The maximum Gasteiger partial charge on any atom is 0.416 e. The summed E-state index contributed by atoms with van der Waals surface area (Å²) < 4.78 is 46.4. The molecular formula is C22H23F3N4O2S. The van der Waals surface area contributed by atoms with E-state index in [-0.39, 0.29) is 18.1 Å². The highest BCUT2D eigenvalue weighted by atomic mass is 32.2. The summed E-state index contributed by atoms with van der Waals surface area (Å²) in [6.07, 6.45) is -2.56. The molecule has 0 radical (unpaired) electrons. The highest BCUT2D eigenvalue weighted by Crippen LogP contribution is 2.31. The van der Waals surface area contributed by atoms with Crippen LogP contribution in [0.1, 0.15) is 41.5 Å². The van der Waals surface area contributed by atoms with Gasteiger partial charge in [-0.05, 0) is 42.8 Å². The normalized spacial score (nSPS) is 11.4. The lowest BCUT2D eigenvalue weighted by Crippen LogP contribution is -2.24. The van der Waals surface area contributed by atoms with Crippen molar-refractivity contribution in [3.8, 4) is 11.4 Å². The first-order valence-corrected chi connectivity index (χ1v) is 11.0. The minimum atomic E-state index is -4.47. The second-order valence-corrected chi connectivity index (χ2v) is 7.96. The molecule has 1 amide bonds. The molecule has 0 saturated heterocycles. The minimum absolute atomic E-state index is 0.00632. The first-order valence-electron chi connectivity index (χ1n) is 10.0. The van der Waals surface area contributed by atoms with E-state index >= 15 is 0 Å². The molecule has 0 bridgehead atoms. The average molecular weight is 465 g/mol. The minimum Gasteiger partial charge on any atom is -0.497 e. The maximum atomic E-state index is 13.2. The third-order valence-corrected chi connectivity index (χ3v) is 5.62. The van der Waals surface area contributed by atoms with Crippen molar-refractivity contribution in [3.05, 3.63) is 65.5 Å². The van der Waals surface area contributed by atoms with E-state index in [2.05, 4.69) is 22.4 Å². The summed E-state index contributed by atoms with van der Waals surface area (Å²) in [5.41, 5.74) is -0.0824. The molecule has 0 spiro atoms. The van der Waals surface area contributed by atoms with Gasteiger partial charge in [0, 0.05) is 11.3 Å². The second kappa shape index (κ2) is 10.5. The molecule has 1 heterocycles. The average Bonchev–Trinajstić information content (AvgIpc) is 3.20. The van der Waals surface area contributed by atoms with Crippen LogP contribution in [0, 0.1) is 0 Å². The van der Waals surface area contributed by atoms with Crippen LogP contribution in [0.3, 0.4) is 0 Å². The van der Waals surface area contributed by atoms with Crippen molar-refractivity contribution in [3.63, 3.8) is 0 Å². The van der Waals surface area contributed by atoms with Gasteiger partial charge >= 0.3 is 6.18 Å². The third-order valence-electron chi connectivity index (χ3n) is 4.60. The van der Waals surface area contributed by atoms with Gasteiger partial charge in [0.15, 0.2) is 11.0 Å². The van der Waals surface area contributed by atoms with Gasteiger partial charge in [-0.3, -0.25) is 9.36 Å². The summed E-state index contributed by atoms with van der Waals surface area (Å²) in [7, 11) is 1.51. The molecule has 1 aromatic heterocycles. The molecule has 0 atom stereocenters. The third kappa shape index (κ3) is 5.82. The molecule has 6 nitrogen and oxygen atoms in total. The number of carbonyl (C=O) groups excluding carboxylic acids is 1. The van der Waals surface area contributed by atoms with Crippen molar-refractivity contribution in [2.45, 2.75) is 37.6 Å². The summed E-state index contributed by atoms with van der Waals surface area (Å²) in [6, 6.07) is 11.6. The number of thioether (sulfide) groups is 1. The summed E-state index contributed by atoms with van der Waals surface area (Å²) in [5, 5.41) is 11.5. The predicted octanol–water partition coefficient (Wildman–Crippen LogP) is 5.12. The number of amides is 1. The van der Waals surface area contributed by atoms with E-state index in [1.807, 2.05) is 0 Å². The van der Waals surface area contributed by atoms with Gasteiger partial charge in [-0.15, -0.1) is 10.2 Å². The fourth-order valence-electron chi connectivity index (χ4n) is 2.92. The first-order chi connectivity index (χ1) is 15.3. The van der Waals surface area contributed by atoms with E-state index in [4.69, 9.17) is 4.74 Å². The number of ether oxygens (including phenoxy) is 1. The van der Waals surface area contributed by atoms with Crippen molar-refractivity contribution in [1.82, 2.24) is 20.1 Å². The van der Waals surface area contributed by atoms with Gasteiger partial charge in [-0.2, -0.15) is 13.2 Å². The van der Waals surface area contributed by atoms with Crippen LogP contribution in [-0.2, 0) is 12.7 Å². The lowest BCUT2D eigenvalue weighted by Gasteiger charge is -2.13. The summed E-state index contributed by atoms with van der Waals surface area (Å²) in [6.45, 7) is 2.05. The van der Waals surface area contributed by atoms with Crippen LogP contribution in [-0.4, -0.2) is 33.5 Å². The number of benzene rings is 2. The SMILES string of the molecule is CCCCSc1nnc(CNC(=O)c2cccc(OC)c2)n1-c1cccc(C(F)(F)F)c1. The monoisotopic (exact) mass is 464 g/mol. The van der Waals surface area contributed by atoms with Gasteiger partial charge in [0.05, 0.1) is 24.9 Å². The molecule has 0 aliphatic carbocycles. The Hall–Kier alpha value is -3.01. The maximum absolute atomic E-state index is 13.2. The Balaban J connectivity index is 1.88. The van der Waals surface area contributed by atoms with Gasteiger partial charge in [0.2, 0.25) is 0 Å². The van der Waals surface area contributed by atoms with Gasteiger partial charge in [-0.25, -0.2) is 0 Å². The molecule has 3 aromatic rings. The highest BCUT2D eigenvalue weighted by molar-refractivity contribution is 7.99. The Kier molecular flexibility index (Phi) is 7.79. The Morgan fingerprint density at radius 1 is 1.16 bits per heavy atom. The highest BCUT2D eigenvalue weighted by Gasteiger charge is 2.31. The molecule has 0 aliphatic heterocycles. The number of hydrogen-bond acceptors (Lipinski definition) is 5. The largest absolute Gasteiger partial charge is 0.497 e. The molecule has 3 rings (SSSR count). The number of rotatable bonds is 9. The molecule has 0 unspecified atom stereocenters. The van der Waals surface area contributed by atoms with E-state index in [1.165, 1.54) is 24.9 Å². The van der Waals surface area contributed by atoms with Crippen molar-refractivity contribution in [2.24, 2.45) is 0 Å². The number of unbranched alkanes of at least 4 members (excludes halogenated alkanes) is 1. The zero-order chi connectivity index (χ0) is 23.1. The van der Waals surface area contributed by atoms with Crippen LogP contribution in [0.4, 0.5) is 13.2 Å². The Morgan fingerprint density at radius 2 is 1.94 bits per heavy atom. The van der Waals surface area contributed by atoms with Crippen molar-refractivity contribution in [1.29, 1.82) is 0 Å². The van der Waals surface area contributed by atoms with E-state index in [9.17, 15) is 18.0 Å². The fraction of sp³-hybridized carbons (Fsp3) is 0.318. The number of carbonyl (C=O) groups is 1. The van der Waals surface area contributed by atoms with Crippen molar-refractivity contribution in [2.75, 3.05) is 12.9 Å². The standard InChI is InChI=1S/C22H23F3N4O2S/c1-3-4-11-32-21-28-27-19(14-26-20(30)15-7-5-10-18(12-15)31-2)29(21)17-9-6-8-16(13-17)22(23,24)25/h5-10,12-13H,3-4,11,14H2,1-2H3,(H,26,30). The van der Waals surface area contributed by atoms with Crippen molar-refractivity contribution < 1.29 is 22.7 Å².